The summed E-state index contributed by atoms with van der Waals surface area (Å²) in [5.74, 6) is 0. The van der Waals surface area contributed by atoms with Gasteiger partial charge < -0.3 is 4.57 Å². The molecule has 1 aromatic rings. The van der Waals surface area contributed by atoms with Gasteiger partial charge in [-0.2, -0.15) is 0 Å². The van der Waals surface area contributed by atoms with Crippen LogP contribution < -0.4 is 4.72 Å². The molecule has 1 aliphatic carbocycles. The van der Waals surface area contributed by atoms with Crippen molar-refractivity contribution in [1.29, 1.82) is 0 Å². The van der Waals surface area contributed by atoms with E-state index in [1.54, 1.807) is 0 Å². The molecule has 6 nitrogen and oxygen atoms in total. The Labute approximate surface area is 126 Å². The molecule has 21 heavy (non-hydrogen) atoms. The molecule has 0 unspecified atom stereocenters. The first-order valence-corrected chi connectivity index (χ1v) is 9.39. The van der Waals surface area contributed by atoms with Crippen LogP contribution in [0.2, 0.25) is 0 Å². The summed E-state index contributed by atoms with van der Waals surface area (Å²) in [6.07, 6.45) is 9.36. The highest BCUT2D eigenvalue weighted by molar-refractivity contribution is 7.88. The Morgan fingerprint density at radius 1 is 1.38 bits per heavy atom. The fourth-order valence-electron chi connectivity index (χ4n) is 3.73. The van der Waals surface area contributed by atoms with Gasteiger partial charge in [0.1, 0.15) is 0 Å². The molecule has 0 radical (unpaired) electrons. The van der Waals surface area contributed by atoms with Crippen LogP contribution >= 0.6 is 0 Å². The van der Waals surface area contributed by atoms with Crippen molar-refractivity contribution in [3.63, 3.8) is 0 Å². The molecular formula is C14H24N4O2S. The van der Waals surface area contributed by atoms with Gasteiger partial charge in [-0.1, -0.05) is 0 Å². The van der Waals surface area contributed by atoms with Crippen molar-refractivity contribution in [2.24, 2.45) is 12.5 Å². The van der Waals surface area contributed by atoms with Crippen LogP contribution in [-0.4, -0.2) is 48.3 Å². The van der Waals surface area contributed by atoms with Crippen LogP contribution in [0.15, 0.2) is 12.5 Å². The zero-order valence-electron chi connectivity index (χ0n) is 12.7. The van der Waals surface area contributed by atoms with Crippen molar-refractivity contribution < 1.29 is 8.42 Å². The van der Waals surface area contributed by atoms with E-state index in [2.05, 4.69) is 19.2 Å². The minimum absolute atomic E-state index is 0.156. The maximum atomic E-state index is 11.2. The molecule has 3 rings (SSSR count). The van der Waals surface area contributed by atoms with E-state index in [1.807, 2.05) is 19.6 Å². The number of sulfonamides is 1. The second-order valence-corrected chi connectivity index (χ2v) is 8.55. The molecular weight excluding hydrogens is 288 g/mol. The third kappa shape index (κ3) is 3.46. The second kappa shape index (κ2) is 5.37. The molecule has 0 atom stereocenters. The average molecular weight is 312 g/mol. The van der Waals surface area contributed by atoms with E-state index >= 15 is 0 Å². The van der Waals surface area contributed by atoms with Crippen LogP contribution in [0.25, 0.3) is 0 Å². The Hall–Kier alpha value is -0.920. The van der Waals surface area contributed by atoms with Crippen molar-refractivity contribution in [2.75, 3.05) is 19.3 Å². The molecule has 2 fully saturated rings. The highest BCUT2D eigenvalue weighted by Gasteiger charge is 2.46. The molecule has 0 amide bonds. The number of hydrogen-bond donors (Lipinski definition) is 1. The molecule has 118 valence electrons. The van der Waals surface area contributed by atoms with Gasteiger partial charge >= 0.3 is 0 Å². The largest absolute Gasteiger partial charge is 0.337 e. The van der Waals surface area contributed by atoms with Crippen LogP contribution in [0.3, 0.4) is 0 Å². The minimum Gasteiger partial charge on any atom is -0.337 e. The smallest absolute Gasteiger partial charge is 0.208 e. The predicted molar refractivity (Wildman–Crippen MR) is 81.2 cm³/mol. The van der Waals surface area contributed by atoms with E-state index in [1.165, 1.54) is 24.8 Å². The van der Waals surface area contributed by atoms with Gasteiger partial charge in [-0.05, 0) is 44.2 Å². The Kier molecular flexibility index (Phi) is 3.83. The summed E-state index contributed by atoms with van der Waals surface area (Å²) in [4.78, 5) is 6.63. The normalized spacial score (nSPS) is 23.3. The van der Waals surface area contributed by atoms with Gasteiger partial charge in [0, 0.05) is 25.8 Å². The van der Waals surface area contributed by atoms with E-state index in [9.17, 15) is 8.42 Å². The lowest BCUT2D eigenvalue weighted by Crippen LogP contribution is -2.54. The number of aryl methyl sites for hydroxylation is 1. The number of nitrogens with one attached hydrogen (secondary N) is 1. The molecule has 7 heteroatoms. The number of nitrogens with zero attached hydrogens (tertiary/aromatic N) is 3. The van der Waals surface area contributed by atoms with Gasteiger partial charge in [-0.15, -0.1) is 0 Å². The van der Waals surface area contributed by atoms with E-state index in [-0.39, 0.29) is 6.04 Å². The number of likely N-dealkylation sites (tertiary alicyclic amines) is 1. The topological polar surface area (TPSA) is 67.2 Å². The van der Waals surface area contributed by atoms with Gasteiger partial charge in [0.25, 0.3) is 0 Å². The van der Waals surface area contributed by atoms with Gasteiger partial charge in [0.15, 0.2) is 0 Å². The van der Waals surface area contributed by atoms with Crippen LogP contribution in [0.4, 0.5) is 0 Å². The Morgan fingerprint density at radius 2 is 2.05 bits per heavy atom. The maximum Gasteiger partial charge on any atom is 0.208 e. The summed E-state index contributed by atoms with van der Waals surface area (Å²) >= 11 is 0. The summed E-state index contributed by atoms with van der Waals surface area (Å²) in [5, 5.41) is 0. The number of rotatable bonds is 4. The number of imidazole rings is 1. The lowest BCUT2D eigenvalue weighted by atomic mass is 9.61. The van der Waals surface area contributed by atoms with Gasteiger partial charge in [-0.3, -0.25) is 4.90 Å². The zero-order chi connectivity index (χ0) is 15.1. The van der Waals surface area contributed by atoms with Gasteiger partial charge in [-0.25, -0.2) is 18.1 Å². The van der Waals surface area contributed by atoms with E-state index in [0.29, 0.717) is 5.41 Å². The van der Waals surface area contributed by atoms with E-state index < -0.39 is 10.0 Å². The van der Waals surface area contributed by atoms with Crippen molar-refractivity contribution >= 4 is 10.0 Å². The predicted octanol–water partition coefficient (Wildman–Crippen LogP) is 0.714. The summed E-state index contributed by atoms with van der Waals surface area (Å²) in [6, 6.07) is 0.156. The summed E-state index contributed by atoms with van der Waals surface area (Å²) in [7, 11) is -1.03. The van der Waals surface area contributed by atoms with Crippen LogP contribution in [0.1, 0.15) is 31.4 Å². The van der Waals surface area contributed by atoms with Crippen LogP contribution in [0.5, 0.6) is 0 Å². The van der Waals surface area contributed by atoms with E-state index in [0.717, 1.165) is 32.5 Å². The van der Waals surface area contributed by atoms with Crippen molar-refractivity contribution in [3.05, 3.63) is 18.2 Å². The molecule has 1 saturated carbocycles. The van der Waals surface area contributed by atoms with Gasteiger partial charge in [0.05, 0.1) is 18.3 Å². The molecule has 1 saturated heterocycles. The first kappa shape index (κ1) is 15.0. The minimum atomic E-state index is -3.06. The molecule has 0 bridgehead atoms. The quantitative estimate of drug-likeness (QED) is 0.889. The fourth-order valence-corrected chi connectivity index (χ4v) is 4.50. The molecule has 0 aromatic carbocycles. The molecule has 2 aliphatic rings. The molecule has 2 heterocycles. The van der Waals surface area contributed by atoms with Crippen LogP contribution in [-0.2, 0) is 23.6 Å². The molecule has 1 spiro atoms. The molecule has 1 N–H and O–H groups in total. The third-order valence-corrected chi connectivity index (χ3v) is 5.72. The SMILES string of the molecule is Cn1cncc1CN1CCC2(CC1)CC(NS(C)(=O)=O)C2. The lowest BCUT2D eigenvalue weighted by Gasteiger charge is -2.52. The zero-order valence-corrected chi connectivity index (χ0v) is 13.6. The Bertz CT molecular complexity index is 594. The van der Waals surface area contributed by atoms with Crippen LogP contribution in [0, 0.1) is 5.41 Å². The van der Waals surface area contributed by atoms with Crippen molar-refractivity contribution in [2.45, 2.75) is 38.3 Å². The number of piperidine rings is 1. The number of hydrogen-bond acceptors (Lipinski definition) is 4. The first-order valence-electron chi connectivity index (χ1n) is 7.50. The summed E-state index contributed by atoms with van der Waals surface area (Å²) in [6.45, 7) is 3.14. The Balaban J connectivity index is 1.47. The lowest BCUT2D eigenvalue weighted by molar-refractivity contribution is 0.0101. The number of aromatic nitrogens is 2. The van der Waals surface area contributed by atoms with Gasteiger partial charge in [0.2, 0.25) is 10.0 Å². The standard InChI is InChI=1S/C14H24N4O2S/c1-17-11-15-9-13(17)10-18-5-3-14(4-6-18)7-12(8-14)16-21(2,19)20/h9,11-12,16H,3-8,10H2,1-2H3. The fraction of sp³-hybridized carbons (Fsp3) is 0.786. The maximum absolute atomic E-state index is 11.2. The highest BCUT2D eigenvalue weighted by Crippen LogP contribution is 2.49. The van der Waals surface area contributed by atoms with E-state index in [4.69, 9.17) is 0 Å². The molecule has 1 aliphatic heterocycles. The average Bonchev–Trinajstić information content (AvgIpc) is 2.74. The monoisotopic (exact) mass is 312 g/mol. The van der Waals surface area contributed by atoms with Crippen molar-refractivity contribution in [3.8, 4) is 0 Å². The first-order chi connectivity index (χ1) is 9.85. The molecule has 1 aromatic heterocycles. The highest BCUT2D eigenvalue weighted by atomic mass is 32.2. The van der Waals surface area contributed by atoms with Crippen molar-refractivity contribution in [1.82, 2.24) is 19.2 Å². The summed E-state index contributed by atoms with van der Waals surface area (Å²) in [5.41, 5.74) is 1.63. The summed E-state index contributed by atoms with van der Waals surface area (Å²) < 4.78 is 27.3. The second-order valence-electron chi connectivity index (χ2n) is 6.77. The Morgan fingerprint density at radius 3 is 2.57 bits per heavy atom. The third-order valence-electron chi connectivity index (χ3n) is 4.96.